The second-order valence-corrected chi connectivity index (χ2v) is 4.14. The minimum absolute atomic E-state index is 0.288. The van der Waals surface area contributed by atoms with Gasteiger partial charge in [0.2, 0.25) is 0 Å². The van der Waals surface area contributed by atoms with E-state index >= 15 is 0 Å². The molecule has 0 aromatic rings. The Bertz CT molecular complexity index is 241. The highest BCUT2D eigenvalue weighted by Crippen LogP contribution is 2.51. The summed E-state index contributed by atoms with van der Waals surface area (Å²) in [4.78, 5) is 0. The Morgan fingerprint density at radius 2 is 1.46 bits per heavy atom. The van der Waals surface area contributed by atoms with Crippen LogP contribution in [0, 0.1) is 11.8 Å². The number of hydrogen-bond donors (Lipinski definition) is 0. The summed E-state index contributed by atoms with van der Waals surface area (Å²) in [5.74, 6) is 0.834. The summed E-state index contributed by atoms with van der Waals surface area (Å²) < 4.78 is 11.4. The largest absolute Gasteiger partial charge is 0.456 e. The molecule has 0 radical (unpaired) electrons. The first-order valence-corrected chi connectivity index (χ1v) is 5.07. The van der Waals surface area contributed by atoms with Crippen molar-refractivity contribution >= 4 is 0 Å². The Balaban J connectivity index is 1.95. The maximum absolute atomic E-state index is 5.71. The van der Waals surface area contributed by atoms with Gasteiger partial charge in [0.15, 0.2) is 0 Å². The Morgan fingerprint density at radius 1 is 0.923 bits per heavy atom. The second-order valence-electron chi connectivity index (χ2n) is 4.14. The van der Waals surface area contributed by atoms with E-state index in [0.717, 1.165) is 12.8 Å². The van der Waals surface area contributed by atoms with E-state index in [1.54, 1.807) is 12.5 Å². The third-order valence-corrected chi connectivity index (χ3v) is 3.57. The van der Waals surface area contributed by atoms with Gasteiger partial charge in [-0.25, -0.2) is 0 Å². The summed E-state index contributed by atoms with van der Waals surface area (Å²) in [7, 11) is 0. The molecule has 1 aliphatic heterocycles. The van der Waals surface area contributed by atoms with Crippen molar-refractivity contribution in [3.05, 3.63) is 24.7 Å². The van der Waals surface area contributed by atoms with Gasteiger partial charge in [0.25, 0.3) is 5.79 Å². The molecule has 2 nitrogen and oxygen atoms in total. The number of ether oxygens (including phenoxy) is 2. The average Bonchev–Trinajstić information content (AvgIpc) is 2.61. The van der Waals surface area contributed by atoms with Crippen molar-refractivity contribution in [2.45, 2.75) is 31.5 Å². The second kappa shape index (κ2) is 2.53. The number of allylic oxidation sites excluding steroid dienone is 2. The van der Waals surface area contributed by atoms with Crippen LogP contribution in [0.4, 0.5) is 0 Å². The first-order chi connectivity index (χ1) is 6.42. The molecule has 70 valence electrons. The van der Waals surface area contributed by atoms with Crippen LogP contribution in [-0.4, -0.2) is 5.79 Å². The van der Waals surface area contributed by atoms with E-state index in [4.69, 9.17) is 9.47 Å². The maximum Gasteiger partial charge on any atom is 0.255 e. The van der Waals surface area contributed by atoms with Gasteiger partial charge in [0.1, 0.15) is 12.5 Å². The molecule has 0 aromatic carbocycles. The quantitative estimate of drug-likeness (QED) is 0.531. The van der Waals surface area contributed by atoms with Gasteiger partial charge < -0.3 is 9.47 Å². The van der Waals surface area contributed by atoms with Crippen LogP contribution in [0.25, 0.3) is 0 Å². The van der Waals surface area contributed by atoms with E-state index in [-0.39, 0.29) is 5.79 Å². The summed E-state index contributed by atoms with van der Waals surface area (Å²) in [5, 5.41) is 0. The molecule has 0 N–H and O–H groups in total. The Labute approximate surface area is 78.2 Å². The molecular formula is C11H14O2. The van der Waals surface area contributed by atoms with Crippen molar-refractivity contribution in [2.75, 3.05) is 0 Å². The van der Waals surface area contributed by atoms with Crippen LogP contribution in [0.3, 0.4) is 0 Å². The van der Waals surface area contributed by atoms with Gasteiger partial charge in [-0.05, 0) is 25.7 Å². The molecule has 0 saturated heterocycles. The third kappa shape index (κ3) is 0.888. The van der Waals surface area contributed by atoms with Crippen LogP contribution in [0.5, 0.6) is 0 Å². The third-order valence-electron chi connectivity index (χ3n) is 3.57. The monoisotopic (exact) mass is 178 g/mol. The van der Waals surface area contributed by atoms with Gasteiger partial charge in [-0.1, -0.05) is 12.2 Å². The summed E-state index contributed by atoms with van der Waals surface area (Å²) in [6.07, 6.45) is 12.7. The lowest BCUT2D eigenvalue weighted by Crippen LogP contribution is -2.39. The summed E-state index contributed by atoms with van der Waals surface area (Å²) >= 11 is 0. The molecule has 0 amide bonds. The van der Waals surface area contributed by atoms with Crippen molar-refractivity contribution in [2.24, 2.45) is 11.8 Å². The fourth-order valence-electron chi connectivity index (χ4n) is 2.90. The van der Waals surface area contributed by atoms with E-state index in [9.17, 15) is 0 Å². The van der Waals surface area contributed by atoms with Gasteiger partial charge in [-0.2, -0.15) is 0 Å². The van der Waals surface area contributed by atoms with Crippen LogP contribution >= 0.6 is 0 Å². The molecule has 2 bridgehead atoms. The first kappa shape index (κ1) is 7.48. The predicted molar refractivity (Wildman–Crippen MR) is 48.6 cm³/mol. The molecule has 2 unspecified atom stereocenters. The normalized spacial score (nSPS) is 38.8. The van der Waals surface area contributed by atoms with Crippen LogP contribution < -0.4 is 0 Å². The summed E-state index contributed by atoms with van der Waals surface area (Å²) in [6.45, 7) is 0. The maximum atomic E-state index is 5.71. The molecule has 1 fully saturated rings. The fourth-order valence-corrected chi connectivity index (χ4v) is 2.90. The lowest BCUT2D eigenvalue weighted by atomic mass is 9.94. The zero-order valence-corrected chi connectivity index (χ0v) is 7.61. The summed E-state index contributed by atoms with van der Waals surface area (Å²) in [5.41, 5.74) is 0. The van der Waals surface area contributed by atoms with E-state index in [1.165, 1.54) is 12.8 Å². The molecule has 1 heterocycles. The minimum Gasteiger partial charge on any atom is -0.456 e. The van der Waals surface area contributed by atoms with Gasteiger partial charge in [-0.3, -0.25) is 0 Å². The van der Waals surface area contributed by atoms with Crippen LogP contribution in [0.1, 0.15) is 25.7 Å². The van der Waals surface area contributed by atoms with E-state index in [1.807, 2.05) is 0 Å². The molecule has 3 aliphatic rings. The minimum atomic E-state index is -0.288. The first-order valence-electron chi connectivity index (χ1n) is 5.07. The SMILES string of the molecule is C1=CCC2CCC(C1)C21OC=CO1. The smallest absolute Gasteiger partial charge is 0.255 e. The van der Waals surface area contributed by atoms with E-state index in [0.29, 0.717) is 11.8 Å². The van der Waals surface area contributed by atoms with Gasteiger partial charge in [0, 0.05) is 11.8 Å². The van der Waals surface area contributed by atoms with Crippen LogP contribution in [0.2, 0.25) is 0 Å². The molecule has 3 rings (SSSR count). The average molecular weight is 178 g/mol. The fraction of sp³-hybridized carbons (Fsp3) is 0.636. The summed E-state index contributed by atoms with van der Waals surface area (Å²) in [6, 6.07) is 0. The van der Waals surface area contributed by atoms with Gasteiger partial charge in [-0.15, -0.1) is 0 Å². The Kier molecular flexibility index (Phi) is 1.46. The molecular weight excluding hydrogens is 164 g/mol. The van der Waals surface area contributed by atoms with E-state index in [2.05, 4.69) is 12.2 Å². The Hall–Kier alpha value is -0.920. The van der Waals surface area contributed by atoms with Crippen molar-refractivity contribution in [1.29, 1.82) is 0 Å². The zero-order chi connectivity index (χ0) is 8.73. The van der Waals surface area contributed by atoms with Crippen molar-refractivity contribution in [3.8, 4) is 0 Å². The van der Waals surface area contributed by atoms with Gasteiger partial charge in [0.05, 0.1) is 0 Å². The molecule has 2 atom stereocenters. The number of rotatable bonds is 0. The standard InChI is InChI=1S/C11H14O2/c1-2-4-10-6-5-9(3-1)11(10)12-7-8-13-11/h1-2,7-10H,3-6H2. The van der Waals surface area contributed by atoms with Crippen LogP contribution in [-0.2, 0) is 9.47 Å². The lowest BCUT2D eigenvalue weighted by Gasteiger charge is -2.32. The highest BCUT2D eigenvalue weighted by atomic mass is 16.7. The highest BCUT2D eigenvalue weighted by Gasteiger charge is 2.55. The van der Waals surface area contributed by atoms with Crippen molar-refractivity contribution in [3.63, 3.8) is 0 Å². The van der Waals surface area contributed by atoms with Gasteiger partial charge >= 0.3 is 0 Å². The molecule has 2 heteroatoms. The van der Waals surface area contributed by atoms with E-state index < -0.39 is 0 Å². The number of hydrogen-bond acceptors (Lipinski definition) is 2. The van der Waals surface area contributed by atoms with Crippen molar-refractivity contribution in [1.82, 2.24) is 0 Å². The lowest BCUT2D eigenvalue weighted by molar-refractivity contribution is -0.193. The van der Waals surface area contributed by atoms with Crippen LogP contribution in [0.15, 0.2) is 24.7 Å². The molecule has 1 spiro atoms. The molecule has 2 aliphatic carbocycles. The zero-order valence-electron chi connectivity index (χ0n) is 7.61. The molecule has 13 heavy (non-hydrogen) atoms. The molecule has 1 saturated carbocycles. The Morgan fingerprint density at radius 3 is 2.00 bits per heavy atom. The molecule has 0 aromatic heterocycles. The topological polar surface area (TPSA) is 18.5 Å². The van der Waals surface area contributed by atoms with Crippen molar-refractivity contribution < 1.29 is 9.47 Å². The predicted octanol–water partition coefficient (Wildman–Crippen LogP) is 2.58. The highest BCUT2D eigenvalue weighted by molar-refractivity contribution is 5.07.